The van der Waals surface area contributed by atoms with Gasteiger partial charge in [-0.2, -0.15) is 4.39 Å². The van der Waals surface area contributed by atoms with Gasteiger partial charge in [0.25, 0.3) is 0 Å². The second kappa shape index (κ2) is 4.67. The Labute approximate surface area is 89.4 Å². The van der Waals surface area contributed by atoms with Crippen LogP contribution in [0.1, 0.15) is 15.9 Å². The fourth-order valence-corrected chi connectivity index (χ4v) is 1.17. The molecule has 16 heavy (non-hydrogen) atoms. The van der Waals surface area contributed by atoms with Gasteiger partial charge in [0.2, 0.25) is 5.82 Å². The van der Waals surface area contributed by atoms with Crippen molar-refractivity contribution in [2.45, 2.75) is 6.61 Å². The van der Waals surface area contributed by atoms with Crippen molar-refractivity contribution >= 4 is 11.7 Å². The smallest absolute Gasteiger partial charge is 0.338 e. The molecule has 0 heterocycles. The van der Waals surface area contributed by atoms with E-state index in [-0.39, 0.29) is 11.1 Å². The van der Waals surface area contributed by atoms with Gasteiger partial charge >= 0.3 is 11.7 Å². The summed E-state index contributed by atoms with van der Waals surface area (Å²) in [5.74, 6) is -1.98. The van der Waals surface area contributed by atoms with Crippen molar-refractivity contribution in [3.05, 3.63) is 39.2 Å². The lowest BCUT2D eigenvalue weighted by atomic mass is 10.1. The molecule has 1 rings (SSSR count). The summed E-state index contributed by atoms with van der Waals surface area (Å²) in [7, 11) is 1.08. The topological polar surface area (TPSA) is 89.7 Å². The number of carbonyl (C=O) groups excluding carboxylic acids is 1. The average Bonchev–Trinajstić information content (AvgIpc) is 2.27. The lowest BCUT2D eigenvalue weighted by molar-refractivity contribution is -0.387. The highest BCUT2D eigenvalue weighted by atomic mass is 19.1. The molecule has 0 fully saturated rings. The molecule has 0 saturated heterocycles. The van der Waals surface area contributed by atoms with Crippen LogP contribution < -0.4 is 0 Å². The van der Waals surface area contributed by atoms with Gasteiger partial charge in [-0.25, -0.2) is 4.79 Å². The second-order valence-electron chi connectivity index (χ2n) is 2.87. The van der Waals surface area contributed by atoms with E-state index in [1.807, 2.05) is 0 Å². The minimum absolute atomic E-state index is 0.0602. The molecule has 0 aliphatic rings. The molecule has 0 aliphatic heterocycles. The first-order valence-electron chi connectivity index (χ1n) is 4.17. The summed E-state index contributed by atoms with van der Waals surface area (Å²) in [5, 5.41) is 19.3. The molecule has 0 radical (unpaired) electrons. The number of methoxy groups -OCH3 is 1. The summed E-state index contributed by atoms with van der Waals surface area (Å²) in [6.45, 7) is -0.612. The molecule has 0 spiro atoms. The lowest BCUT2D eigenvalue weighted by Crippen LogP contribution is -2.08. The number of esters is 1. The zero-order chi connectivity index (χ0) is 12.3. The number of aliphatic hydroxyl groups is 1. The monoisotopic (exact) mass is 229 g/mol. The molecule has 1 N–H and O–H groups in total. The van der Waals surface area contributed by atoms with Crippen molar-refractivity contribution in [1.82, 2.24) is 0 Å². The molecule has 0 amide bonds. The van der Waals surface area contributed by atoms with E-state index in [0.29, 0.717) is 0 Å². The number of carbonyl (C=O) groups is 1. The summed E-state index contributed by atoms with van der Waals surface area (Å²) in [6, 6.07) is 1.48. The summed E-state index contributed by atoms with van der Waals surface area (Å²) >= 11 is 0. The Kier molecular flexibility index (Phi) is 3.51. The van der Waals surface area contributed by atoms with Crippen molar-refractivity contribution in [2.24, 2.45) is 0 Å². The van der Waals surface area contributed by atoms with Crippen LogP contribution in [0.4, 0.5) is 10.1 Å². The molecular weight excluding hydrogens is 221 g/mol. The fourth-order valence-electron chi connectivity index (χ4n) is 1.17. The van der Waals surface area contributed by atoms with Gasteiger partial charge in [0, 0.05) is 6.07 Å². The van der Waals surface area contributed by atoms with Crippen LogP contribution in [0.15, 0.2) is 12.1 Å². The van der Waals surface area contributed by atoms with Crippen molar-refractivity contribution < 1.29 is 24.0 Å². The molecule has 0 aromatic heterocycles. The van der Waals surface area contributed by atoms with E-state index in [4.69, 9.17) is 5.11 Å². The number of nitro groups is 1. The molecule has 0 saturated carbocycles. The van der Waals surface area contributed by atoms with Gasteiger partial charge in [-0.3, -0.25) is 10.1 Å². The second-order valence-corrected chi connectivity index (χ2v) is 2.87. The first kappa shape index (κ1) is 12.1. The van der Waals surface area contributed by atoms with E-state index >= 15 is 0 Å². The van der Waals surface area contributed by atoms with Crippen LogP contribution in [-0.2, 0) is 11.3 Å². The first-order chi connectivity index (χ1) is 7.51. The predicted octanol–water partition coefficient (Wildman–Crippen LogP) is 1.01. The Hall–Kier alpha value is -2.02. The Morgan fingerprint density at radius 2 is 2.25 bits per heavy atom. The van der Waals surface area contributed by atoms with Gasteiger partial charge in [0.1, 0.15) is 0 Å². The zero-order valence-electron chi connectivity index (χ0n) is 8.27. The number of aliphatic hydroxyl groups excluding tert-OH is 1. The van der Waals surface area contributed by atoms with Gasteiger partial charge in [-0.1, -0.05) is 0 Å². The highest BCUT2D eigenvalue weighted by Gasteiger charge is 2.21. The molecule has 0 bridgehead atoms. The summed E-state index contributed by atoms with van der Waals surface area (Å²) < 4.78 is 17.5. The van der Waals surface area contributed by atoms with Gasteiger partial charge < -0.3 is 9.84 Å². The van der Waals surface area contributed by atoms with Crippen molar-refractivity contribution in [3.63, 3.8) is 0 Å². The van der Waals surface area contributed by atoms with Crippen molar-refractivity contribution in [3.8, 4) is 0 Å². The van der Waals surface area contributed by atoms with E-state index in [0.717, 1.165) is 19.2 Å². The Bertz CT molecular complexity index is 446. The van der Waals surface area contributed by atoms with Crippen LogP contribution in [0.3, 0.4) is 0 Å². The third-order valence-corrected chi connectivity index (χ3v) is 1.95. The van der Waals surface area contributed by atoms with Gasteiger partial charge in [-0.15, -0.1) is 0 Å². The number of halogens is 1. The number of benzene rings is 1. The van der Waals surface area contributed by atoms with E-state index in [1.165, 1.54) is 0 Å². The number of rotatable bonds is 3. The van der Waals surface area contributed by atoms with Crippen LogP contribution in [0, 0.1) is 15.9 Å². The van der Waals surface area contributed by atoms with E-state index in [1.54, 1.807) is 0 Å². The molecule has 0 unspecified atom stereocenters. The SMILES string of the molecule is COC(=O)c1cc([N+](=O)[O-])c(F)cc1CO. The first-order valence-corrected chi connectivity index (χ1v) is 4.17. The molecule has 0 atom stereocenters. The quantitative estimate of drug-likeness (QED) is 0.474. The van der Waals surface area contributed by atoms with Gasteiger partial charge in [0.05, 0.1) is 24.2 Å². The highest BCUT2D eigenvalue weighted by Crippen LogP contribution is 2.23. The predicted molar refractivity (Wildman–Crippen MR) is 50.3 cm³/mol. The number of hydrogen-bond donors (Lipinski definition) is 1. The van der Waals surface area contributed by atoms with Crippen LogP contribution in [0.2, 0.25) is 0 Å². The molecular formula is C9H8FNO5. The molecule has 0 aliphatic carbocycles. The molecule has 86 valence electrons. The third kappa shape index (κ3) is 2.14. The van der Waals surface area contributed by atoms with Crippen LogP contribution in [0.5, 0.6) is 0 Å². The Morgan fingerprint density at radius 1 is 1.62 bits per heavy atom. The highest BCUT2D eigenvalue weighted by molar-refractivity contribution is 5.91. The Morgan fingerprint density at radius 3 is 2.69 bits per heavy atom. The maximum absolute atomic E-state index is 13.1. The molecule has 6 nitrogen and oxygen atoms in total. The number of ether oxygens (including phenoxy) is 1. The Balaban J connectivity index is 3.40. The summed E-state index contributed by atoms with van der Waals surface area (Å²) in [5.41, 5.74) is -1.12. The maximum Gasteiger partial charge on any atom is 0.338 e. The number of nitro benzene ring substituents is 1. The normalized spacial score (nSPS) is 9.94. The van der Waals surface area contributed by atoms with Crippen molar-refractivity contribution in [2.75, 3.05) is 7.11 Å². The summed E-state index contributed by atoms with van der Waals surface area (Å²) in [6.07, 6.45) is 0. The van der Waals surface area contributed by atoms with Gasteiger partial charge in [0.15, 0.2) is 0 Å². The summed E-state index contributed by atoms with van der Waals surface area (Å²) in [4.78, 5) is 20.7. The fraction of sp³-hybridized carbons (Fsp3) is 0.222. The van der Waals surface area contributed by atoms with Crippen LogP contribution in [0.25, 0.3) is 0 Å². The number of nitrogens with zero attached hydrogens (tertiary/aromatic N) is 1. The molecule has 7 heteroatoms. The van der Waals surface area contributed by atoms with Crippen LogP contribution >= 0.6 is 0 Å². The van der Waals surface area contributed by atoms with E-state index in [2.05, 4.69) is 4.74 Å². The zero-order valence-corrected chi connectivity index (χ0v) is 8.27. The van der Waals surface area contributed by atoms with E-state index in [9.17, 15) is 19.3 Å². The molecule has 1 aromatic carbocycles. The maximum atomic E-state index is 13.1. The van der Waals surface area contributed by atoms with Crippen LogP contribution in [-0.4, -0.2) is 23.1 Å². The minimum atomic E-state index is -1.11. The number of hydrogen-bond acceptors (Lipinski definition) is 5. The third-order valence-electron chi connectivity index (χ3n) is 1.95. The average molecular weight is 229 g/mol. The largest absolute Gasteiger partial charge is 0.465 e. The lowest BCUT2D eigenvalue weighted by Gasteiger charge is -2.05. The van der Waals surface area contributed by atoms with Crippen molar-refractivity contribution in [1.29, 1.82) is 0 Å². The molecule has 1 aromatic rings. The minimum Gasteiger partial charge on any atom is -0.465 e. The standard InChI is InChI=1S/C9H8FNO5/c1-16-9(13)6-3-8(11(14)15)7(10)2-5(6)4-12/h2-3,12H,4H2,1H3. The van der Waals surface area contributed by atoms with Gasteiger partial charge in [-0.05, 0) is 11.6 Å². The van der Waals surface area contributed by atoms with E-state index < -0.39 is 29.0 Å².